The fourth-order valence-corrected chi connectivity index (χ4v) is 4.00. The highest BCUT2D eigenvalue weighted by Gasteiger charge is 2.45. The Bertz CT molecular complexity index is 1260. The molecule has 1 aliphatic heterocycles. The molecule has 0 aromatic heterocycles. The fourth-order valence-electron chi connectivity index (χ4n) is 3.36. The maximum Gasteiger partial charge on any atom is 0.240 e. The molecule has 0 amide bonds. The van der Waals surface area contributed by atoms with Gasteiger partial charge in [0.25, 0.3) is 0 Å². The zero-order chi connectivity index (χ0) is 22.2. The SMILES string of the molecule is NS(=O)(=O)c1ccc(C2=NC(O)(C(=O)c3ccccc3)CN2c2ccc(Cl)cc2)cc1. The molecule has 9 heteroatoms. The van der Waals surface area contributed by atoms with Crippen LogP contribution in [0.3, 0.4) is 0 Å². The average Bonchev–Trinajstić information content (AvgIpc) is 3.13. The number of anilines is 1. The Morgan fingerprint density at radius 1 is 1.00 bits per heavy atom. The second-order valence-electron chi connectivity index (χ2n) is 7.08. The molecule has 0 saturated heterocycles. The van der Waals surface area contributed by atoms with Crippen molar-refractivity contribution in [3.05, 3.63) is 95.0 Å². The Hall–Kier alpha value is -3.04. The summed E-state index contributed by atoms with van der Waals surface area (Å²) >= 11 is 6.00. The smallest absolute Gasteiger partial charge is 0.240 e. The summed E-state index contributed by atoms with van der Waals surface area (Å²) in [6.07, 6.45) is 0. The van der Waals surface area contributed by atoms with Gasteiger partial charge in [-0.25, -0.2) is 18.5 Å². The van der Waals surface area contributed by atoms with Gasteiger partial charge in [0.15, 0.2) is 0 Å². The van der Waals surface area contributed by atoms with Crippen LogP contribution >= 0.6 is 11.6 Å². The summed E-state index contributed by atoms with van der Waals surface area (Å²) in [7, 11) is -3.86. The number of aliphatic imine (C=N–C) groups is 1. The summed E-state index contributed by atoms with van der Waals surface area (Å²) in [6, 6.07) is 21.0. The Morgan fingerprint density at radius 2 is 1.61 bits per heavy atom. The predicted octanol–water partition coefficient (Wildman–Crippen LogP) is 2.83. The quantitative estimate of drug-likeness (QED) is 0.574. The number of carbonyl (C=O) groups is 1. The van der Waals surface area contributed by atoms with Crippen LogP contribution in [-0.2, 0) is 10.0 Å². The lowest BCUT2D eigenvalue weighted by Gasteiger charge is -2.23. The van der Waals surface area contributed by atoms with Crippen molar-refractivity contribution in [2.24, 2.45) is 10.1 Å². The van der Waals surface area contributed by atoms with Crippen molar-refractivity contribution >= 4 is 38.9 Å². The number of rotatable bonds is 5. The van der Waals surface area contributed by atoms with E-state index in [-0.39, 0.29) is 11.4 Å². The molecule has 1 heterocycles. The maximum atomic E-state index is 13.1. The molecule has 0 saturated carbocycles. The Labute approximate surface area is 184 Å². The Morgan fingerprint density at radius 3 is 2.19 bits per heavy atom. The van der Waals surface area contributed by atoms with Crippen LogP contribution in [-0.4, -0.2) is 37.4 Å². The molecule has 158 valence electrons. The minimum Gasteiger partial charge on any atom is -0.362 e. The van der Waals surface area contributed by atoms with Crippen molar-refractivity contribution < 1.29 is 18.3 Å². The van der Waals surface area contributed by atoms with Crippen molar-refractivity contribution in [3.8, 4) is 0 Å². The highest BCUT2D eigenvalue weighted by Crippen LogP contribution is 2.31. The van der Waals surface area contributed by atoms with Gasteiger partial charge in [-0.05, 0) is 48.5 Å². The molecule has 7 nitrogen and oxygen atoms in total. The second-order valence-corrected chi connectivity index (χ2v) is 9.08. The van der Waals surface area contributed by atoms with E-state index >= 15 is 0 Å². The standard InChI is InChI=1S/C22H18ClN3O4S/c23-17-8-10-18(11-9-17)26-14-22(28,20(27)15-4-2-1-3-5-15)25-21(26)16-6-12-19(13-7-16)31(24,29)30/h1-13,28H,14H2,(H2,24,29,30). The largest absolute Gasteiger partial charge is 0.362 e. The van der Waals surface area contributed by atoms with Gasteiger partial charge in [0.1, 0.15) is 5.84 Å². The molecule has 3 aromatic rings. The van der Waals surface area contributed by atoms with E-state index < -0.39 is 21.5 Å². The normalized spacial score (nSPS) is 18.7. The van der Waals surface area contributed by atoms with Crippen LogP contribution in [0.1, 0.15) is 15.9 Å². The molecular weight excluding hydrogens is 438 g/mol. The number of primary sulfonamides is 1. The number of aliphatic hydroxyl groups is 1. The van der Waals surface area contributed by atoms with Crippen molar-refractivity contribution in [3.63, 3.8) is 0 Å². The van der Waals surface area contributed by atoms with Crippen molar-refractivity contribution in [1.29, 1.82) is 0 Å². The molecular formula is C22H18ClN3O4S. The summed E-state index contributed by atoms with van der Waals surface area (Å²) < 4.78 is 23.1. The van der Waals surface area contributed by atoms with Gasteiger partial charge >= 0.3 is 0 Å². The summed E-state index contributed by atoms with van der Waals surface area (Å²) in [5.74, 6) is -0.224. The lowest BCUT2D eigenvalue weighted by Crippen LogP contribution is -2.42. The van der Waals surface area contributed by atoms with Crippen molar-refractivity contribution in [1.82, 2.24) is 0 Å². The number of Topliss-reactive ketones (excluding diaryl/α,β-unsaturated/α-hetero) is 1. The van der Waals surface area contributed by atoms with E-state index in [2.05, 4.69) is 4.99 Å². The van der Waals surface area contributed by atoms with Crippen LogP contribution in [0.5, 0.6) is 0 Å². The Kier molecular flexibility index (Phi) is 5.40. The van der Waals surface area contributed by atoms with Gasteiger partial charge in [-0.1, -0.05) is 41.9 Å². The number of β-amino-alcohol motifs (C(OH)–C–C–N with tert-alkyl or cyclic N) is 1. The topological polar surface area (TPSA) is 113 Å². The molecule has 1 atom stereocenters. The number of ketones is 1. The molecule has 0 aliphatic carbocycles. The molecule has 4 rings (SSSR count). The van der Waals surface area contributed by atoms with Crippen molar-refractivity contribution in [2.45, 2.75) is 10.6 Å². The monoisotopic (exact) mass is 455 g/mol. The third kappa shape index (κ3) is 4.24. The number of nitrogens with zero attached hydrogens (tertiary/aromatic N) is 2. The molecule has 31 heavy (non-hydrogen) atoms. The van der Waals surface area contributed by atoms with Crippen LogP contribution in [0.2, 0.25) is 5.02 Å². The van der Waals surface area contributed by atoms with Crippen LogP contribution in [0.25, 0.3) is 0 Å². The van der Waals surface area contributed by atoms with Crippen LogP contribution in [0.15, 0.2) is 88.8 Å². The first kappa shape index (κ1) is 21.2. The summed E-state index contributed by atoms with van der Waals surface area (Å²) in [5, 5.41) is 16.9. The number of sulfonamides is 1. The molecule has 0 fully saturated rings. The molecule has 3 N–H and O–H groups in total. The summed E-state index contributed by atoms with van der Waals surface area (Å²) in [5.41, 5.74) is -0.514. The van der Waals surface area contributed by atoms with Gasteiger partial charge < -0.3 is 10.0 Å². The molecule has 1 aliphatic rings. The van der Waals surface area contributed by atoms with Crippen molar-refractivity contribution in [2.75, 3.05) is 11.4 Å². The zero-order valence-corrected chi connectivity index (χ0v) is 17.7. The van der Waals surface area contributed by atoms with Gasteiger partial charge in [-0.2, -0.15) is 0 Å². The zero-order valence-electron chi connectivity index (χ0n) is 16.1. The number of carbonyl (C=O) groups excluding carboxylic acids is 1. The molecule has 1 unspecified atom stereocenters. The molecule has 0 bridgehead atoms. The second kappa shape index (κ2) is 7.90. The van der Waals surface area contributed by atoms with E-state index in [1.165, 1.54) is 24.3 Å². The van der Waals surface area contributed by atoms with E-state index in [9.17, 15) is 18.3 Å². The minimum absolute atomic E-state index is 0.0523. The molecule has 0 radical (unpaired) electrons. The fraction of sp³-hybridized carbons (Fsp3) is 0.0909. The van der Waals surface area contributed by atoms with Crippen LogP contribution in [0.4, 0.5) is 5.69 Å². The number of hydrogen-bond donors (Lipinski definition) is 2. The Balaban J connectivity index is 1.79. The highest BCUT2D eigenvalue weighted by molar-refractivity contribution is 7.89. The van der Waals surface area contributed by atoms with Gasteiger partial charge in [0.05, 0.1) is 11.4 Å². The lowest BCUT2D eigenvalue weighted by molar-refractivity contribution is 0.0438. The summed E-state index contributed by atoms with van der Waals surface area (Å²) in [4.78, 5) is 19.1. The van der Waals surface area contributed by atoms with E-state index in [0.717, 1.165) is 0 Å². The average molecular weight is 456 g/mol. The predicted molar refractivity (Wildman–Crippen MR) is 119 cm³/mol. The number of nitrogens with two attached hydrogens (primary N) is 1. The lowest BCUT2D eigenvalue weighted by atomic mass is 10.0. The van der Waals surface area contributed by atoms with Crippen LogP contribution in [0, 0.1) is 0 Å². The van der Waals surface area contributed by atoms with E-state index in [1.54, 1.807) is 59.5 Å². The molecule has 3 aromatic carbocycles. The number of benzene rings is 3. The van der Waals surface area contributed by atoms with E-state index in [1.807, 2.05) is 0 Å². The number of amidine groups is 1. The van der Waals surface area contributed by atoms with Crippen LogP contribution < -0.4 is 10.0 Å². The number of hydrogen-bond acceptors (Lipinski definition) is 6. The molecule has 0 spiro atoms. The van der Waals surface area contributed by atoms with E-state index in [0.29, 0.717) is 27.7 Å². The first-order chi connectivity index (χ1) is 14.7. The van der Waals surface area contributed by atoms with Gasteiger partial charge in [-0.3, -0.25) is 4.79 Å². The minimum atomic E-state index is -3.86. The highest BCUT2D eigenvalue weighted by atomic mass is 35.5. The first-order valence-corrected chi connectivity index (χ1v) is 11.2. The van der Waals surface area contributed by atoms with Gasteiger partial charge in [0.2, 0.25) is 21.5 Å². The third-order valence-electron chi connectivity index (χ3n) is 4.90. The van der Waals surface area contributed by atoms with Gasteiger partial charge in [-0.15, -0.1) is 0 Å². The third-order valence-corrected chi connectivity index (χ3v) is 6.09. The summed E-state index contributed by atoms with van der Waals surface area (Å²) in [6.45, 7) is -0.116. The first-order valence-electron chi connectivity index (χ1n) is 9.26. The number of halogens is 1. The maximum absolute atomic E-state index is 13.1. The van der Waals surface area contributed by atoms with Gasteiger partial charge in [0, 0.05) is 21.8 Å². The van der Waals surface area contributed by atoms with E-state index in [4.69, 9.17) is 16.7 Å².